The molecule has 0 bridgehead atoms. The molecule has 0 saturated heterocycles. The number of fused-ring (bicyclic) bond motifs is 7. The molecule has 0 heterocycles. The first-order chi connectivity index (χ1) is 23.9. The summed E-state index contributed by atoms with van der Waals surface area (Å²) < 4.78 is 27.3. The van der Waals surface area contributed by atoms with Crippen LogP contribution in [0.5, 0.6) is 0 Å². The van der Waals surface area contributed by atoms with Gasteiger partial charge >= 0.3 is 18.1 Å². The van der Waals surface area contributed by atoms with Crippen molar-refractivity contribution >= 4 is 23.9 Å². The molecule has 0 amide bonds. The van der Waals surface area contributed by atoms with Gasteiger partial charge in [0.25, 0.3) is 0 Å². The summed E-state index contributed by atoms with van der Waals surface area (Å²) in [6, 6.07) is 0. The zero-order valence-corrected chi connectivity index (χ0v) is 32.0. The Bertz CT molecular complexity index is 1380. The number of ketones is 1. The minimum absolute atomic E-state index is 0.00643. The largest absolute Gasteiger partial charge is 0.508 e. The predicted molar refractivity (Wildman–Crippen MR) is 188 cm³/mol. The maximum Gasteiger partial charge on any atom is 0.508 e. The number of aliphatic carboxylic acids is 2. The van der Waals surface area contributed by atoms with Crippen molar-refractivity contribution in [1.82, 2.24) is 0 Å². The topological polar surface area (TPSA) is 155 Å². The Labute approximate surface area is 303 Å². The smallest absolute Gasteiger partial charge is 0.481 e. The Morgan fingerprint density at radius 2 is 1.37 bits per heavy atom. The molecule has 5 aliphatic carbocycles. The van der Waals surface area contributed by atoms with Crippen LogP contribution in [0.15, 0.2) is 11.6 Å². The van der Waals surface area contributed by atoms with Crippen molar-refractivity contribution < 1.29 is 53.1 Å². The number of carbonyl (C=O) groups is 4. The number of allylic oxidation sites excluding steroid dienone is 2. The van der Waals surface area contributed by atoms with Gasteiger partial charge in [-0.2, -0.15) is 0 Å². The van der Waals surface area contributed by atoms with Crippen molar-refractivity contribution in [3.8, 4) is 0 Å². The number of carboxylic acids is 2. The third-order valence-electron chi connectivity index (χ3n) is 14.9. The highest BCUT2D eigenvalue weighted by molar-refractivity contribution is 5.96. The van der Waals surface area contributed by atoms with Gasteiger partial charge in [-0.3, -0.25) is 14.4 Å². The van der Waals surface area contributed by atoms with Gasteiger partial charge in [-0.05, 0) is 118 Å². The molecule has 10 atom stereocenters. The van der Waals surface area contributed by atoms with Crippen LogP contribution in [0.4, 0.5) is 4.79 Å². The molecule has 0 spiro atoms. The van der Waals surface area contributed by atoms with E-state index in [4.69, 9.17) is 23.7 Å². The first kappa shape index (κ1) is 39.7. The number of hydrogen-bond acceptors (Lipinski definition) is 9. The maximum atomic E-state index is 14.6. The minimum atomic E-state index is -1.43. The van der Waals surface area contributed by atoms with E-state index < -0.39 is 57.7 Å². The molecule has 0 aromatic heterocycles. The zero-order valence-electron chi connectivity index (χ0n) is 32.0. The minimum Gasteiger partial charge on any atom is -0.481 e. The van der Waals surface area contributed by atoms with Gasteiger partial charge in [0, 0.05) is 12.5 Å². The Hall–Kier alpha value is -2.50. The fourth-order valence-corrected chi connectivity index (χ4v) is 11.5. The highest BCUT2D eigenvalue weighted by atomic mass is 16.7. The van der Waals surface area contributed by atoms with Crippen molar-refractivity contribution in [2.24, 2.45) is 50.2 Å². The molecule has 10 unspecified atom stereocenters. The maximum absolute atomic E-state index is 14.6. The van der Waals surface area contributed by atoms with E-state index in [0.717, 1.165) is 31.3 Å². The lowest BCUT2D eigenvalue weighted by Crippen LogP contribution is -2.68. The first-order valence-corrected chi connectivity index (χ1v) is 19.2. The number of carboxylic acid groups (broad SMARTS) is 2. The van der Waals surface area contributed by atoms with Crippen molar-refractivity contribution in [1.29, 1.82) is 0 Å². The van der Waals surface area contributed by atoms with Gasteiger partial charge in [-0.25, -0.2) is 4.79 Å². The summed E-state index contributed by atoms with van der Waals surface area (Å²) in [5.74, 6) is -2.60. The number of ether oxygens (including phenoxy) is 5. The second-order valence-electron chi connectivity index (χ2n) is 17.7. The summed E-state index contributed by atoms with van der Waals surface area (Å²) in [5, 5.41) is 21.0. The number of hydrogen-bond donors (Lipinski definition) is 2. The summed E-state index contributed by atoms with van der Waals surface area (Å²) in [4.78, 5) is 53.1. The molecule has 0 aromatic rings. The fourth-order valence-electron chi connectivity index (χ4n) is 11.5. The van der Waals surface area contributed by atoms with Crippen molar-refractivity contribution in [3.05, 3.63) is 11.6 Å². The van der Waals surface area contributed by atoms with Crippen LogP contribution in [0.3, 0.4) is 0 Å². The molecule has 11 nitrogen and oxygen atoms in total. The van der Waals surface area contributed by atoms with Gasteiger partial charge in [0.2, 0.25) is 0 Å². The molecule has 0 aliphatic heterocycles. The van der Waals surface area contributed by atoms with Gasteiger partial charge in [-0.1, -0.05) is 40.2 Å². The van der Waals surface area contributed by atoms with Gasteiger partial charge in [0.1, 0.15) is 18.1 Å². The molecule has 5 rings (SSSR count). The van der Waals surface area contributed by atoms with E-state index in [2.05, 4.69) is 27.7 Å². The van der Waals surface area contributed by atoms with Crippen LogP contribution in [-0.2, 0) is 38.1 Å². The molecule has 5 aliphatic rings. The molecule has 11 heteroatoms. The fraction of sp³-hybridized carbons (Fsp3) is 0.850. The lowest BCUT2D eigenvalue weighted by Gasteiger charge is -2.70. The second-order valence-corrected chi connectivity index (χ2v) is 17.7. The molecule has 2 N–H and O–H groups in total. The van der Waals surface area contributed by atoms with Crippen LogP contribution in [0.2, 0.25) is 0 Å². The van der Waals surface area contributed by atoms with E-state index >= 15 is 0 Å². The SMILES string of the molecule is CCCOCCOCCOCCOC(=O)OC1CCC2(C)C(CCC3(C)C2C(=O)C=C2C4CC(C)(C(=O)O)CCC4(C)CCC23C)C1(C)C(=O)O. The quantitative estimate of drug-likeness (QED) is 0.140. The van der Waals surface area contributed by atoms with E-state index in [1.54, 1.807) is 6.92 Å². The van der Waals surface area contributed by atoms with Crippen molar-refractivity contribution in [2.45, 2.75) is 119 Å². The molecule has 4 saturated carbocycles. The summed E-state index contributed by atoms with van der Waals surface area (Å²) >= 11 is 0. The molecule has 0 aromatic carbocycles. The van der Waals surface area contributed by atoms with Crippen LogP contribution < -0.4 is 0 Å². The highest BCUT2D eigenvalue weighted by Crippen LogP contribution is 2.75. The van der Waals surface area contributed by atoms with Crippen LogP contribution >= 0.6 is 0 Å². The molecular weight excluding hydrogens is 656 g/mol. The summed E-state index contributed by atoms with van der Waals surface area (Å²) in [6.45, 7) is 17.0. The zero-order chi connectivity index (χ0) is 37.5. The van der Waals surface area contributed by atoms with E-state index in [9.17, 15) is 29.4 Å². The lowest BCUT2D eigenvalue weighted by molar-refractivity contribution is -0.216. The Morgan fingerprint density at radius 1 is 0.765 bits per heavy atom. The summed E-state index contributed by atoms with van der Waals surface area (Å²) in [5.41, 5.74) is -2.60. The number of carbonyl (C=O) groups excluding carboxylic acids is 2. The van der Waals surface area contributed by atoms with Crippen molar-refractivity contribution in [2.75, 3.05) is 46.2 Å². The first-order valence-electron chi connectivity index (χ1n) is 19.2. The average Bonchev–Trinajstić information content (AvgIpc) is 3.06. The normalized spacial score (nSPS) is 41.6. The third kappa shape index (κ3) is 6.77. The standard InChI is InChI=1S/C40H62O11/c1-8-17-47-18-19-48-20-21-49-22-23-50-34(46)51-30-10-11-37(4)29(40(30,7)33(44)45)9-12-39(6)31(37)28(41)24-26-27-25-36(3,32(42)43)14-13-35(27,2)15-16-38(26,39)5/h24,27,29-31H,8-23,25H2,1-7H3,(H,42,43)(H,44,45). The van der Waals surface area contributed by atoms with E-state index in [-0.39, 0.29) is 35.7 Å². The second kappa shape index (κ2) is 14.7. The monoisotopic (exact) mass is 718 g/mol. The van der Waals surface area contributed by atoms with Gasteiger partial charge in [-0.15, -0.1) is 0 Å². The number of rotatable bonds is 14. The molecule has 4 fully saturated rings. The Morgan fingerprint density at radius 3 is 1.98 bits per heavy atom. The van der Waals surface area contributed by atoms with E-state index in [0.29, 0.717) is 71.6 Å². The van der Waals surface area contributed by atoms with Gasteiger partial charge in [0.15, 0.2) is 5.78 Å². The molecule has 0 radical (unpaired) electrons. The van der Waals surface area contributed by atoms with E-state index in [1.807, 2.05) is 19.9 Å². The molecule has 288 valence electrons. The summed E-state index contributed by atoms with van der Waals surface area (Å²) in [7, 11) is 0. The van der Waals surface area contributed by atoms with Crippen LogP contribution in [0, 0.1) is 50.2 Å². The van der Waals surface area contributed by atoms with Crippen LogP contribution in [0.1, 0.15) is 113 Å². The van der Waals surface area contributed by atoms with Gasteiger partial charge < -0.3 is 33.9 Å². The van der Waals surface area contributed by atoms with E-state index in [1.165, 1.54) is 0 Å². The van der Waals surface area contributed by atoms with Crippen LogP contribution in [0.25, 0.3) is 0 Å². The Balaban J connectivity index is 1.28. The molecule has 51 heavy (non-hydrogen) atoms. The predicted octanol–water partition coefficient (Wildman–Crippen LogP) is 7.10. The average molecular weight is 719 g/mol. The Kier molecular flexibility index (Phi) is 11.5. The van der Waals surface area contributed by atoms with Gasteiger partial charge in [0.05, 0.1) is 38.4 Å². The van der Waals surface area contributed by atoms with Crippen molar-refractivity contribution in [3.63, 3.8) is 0 Å². The summed E-state index contributed by atoms with van der Waals surface area (Å²) in [6.07, 6.45) is 6.91. The van der Waals surface area contributed by atoms with Crippen LogP contribution in [-0.4, -0.2) is 86.4 Å². The third-order valence-corrected chi connectivity index (χ3v) is 14.9. The lowest BCUT2D eigenvalue weighted by atomic mass is 9.33. The highest BCUT2D eigenvalue weighted by Gasteiger charge is 2.72. The molecular formula is C40H62O11.